The first kappa shape index (κ1) is 21.7. The zero-order chi connectivity index (χ0) is 20.2. The lowest BCUT2D eigenvalue weighted by atomic mass is 10.1. The van der Waals surface area contributed by atoms with Crippen molar-refractivity contribution in [1.29, 1.82) is 0 Å². The van der Waals surface area contributed by atoms with E-state index in [1.54, 1.807) is 0 Å². The van der Waals surface area contributed by atoms with Crippen molar-refractivity contribution in [3.63, 3.8) is 0 Å². The van der Waals surface area contributed by atoms with Crippen LogP contribution in [0, 0.1) is 0 Å². The molecule has 6 heteroatoms. The van der Waals surface area contributed by atoms with Gasteiger partial charge in [0.2, 0.25) is 5.82 Å². The average Bonchev–Trinajstić information content (AvgIpc) is 2.73. The van der Waals surface area contributed by atoms with Crippen LogP contribution in [0.3, 0.4) is 0 Å². The molecule has 0 aliphatic carbocycles. The molecule has 1 unspecified atom stereocenters. The monoisotopic (exact) mass is 386 g/mol. The average molecular weight is 386 g/mol. The third kappa shape index (κ3) is 6.83. The molecule has 0 radical (unpaired) electrons. The molecule has 0 amide bonds. The van der Waals surface area contributed by atoms with Gasteiger partial charge in [-0.15, -0.1) is 0 Å². The van der Waals surface area contributed by atoms with Crippen molar-refractivity contribution >= 4 is 5.97 Å². The summed E-state index contributed by atoms with van der Waals surface area (Å²) >= 11 is 0. The first-order chi connectivity index (χ1) is 13.7. The van der Waals surface area contributed by atoms with Gasteiger partial charge in [0.15, 0.2) is 5.75 Å². The highest BCUT2D eigenvalue weighted by atomic mass is 16.5. The maximum atomic E-state index is 12.4. The maximum Gasteiger partial charge on any atom is 0.376 e. The Morgan fingerprint density at radius 2 is 1.64 bits per heavy atom. The molecule has 0 aliphatic rings. The molecule has 2 rings (SSSR count). The largest absolute Gasteiger partial charge is 0.494 e. The molecule has 0 aliphatic heterocycles. The number of carbonyl (C=O) groups is 1. The summed E-state index contributed by atoms with van der Waals surface area (Å²) < 4.78 is 16.6. The standard InChI is InChI=1S/C22H30N2O4/c1-4-7-8-9-14-27-19-15-23-21(24-16-19)22(25)28-20(5-2)17-10-12-18(13-11-17)26-6-3/h10-13,15-16,20H,4-9,14H2,1-3H3. The zero-order valence-electron chi connectivity index (χ0n) is 17.0. The molecule has 0 bridgehead atoms. The van der Waals surface area contributed by atoms with Crippen LogP contribution in [0.1, 0.15) is 75.2 Å². The molecule has 0 saturated heterocycles. The third-order valence-corrected chi connectivity index (χ3v) is 4.26. The number of nitrogens with zero attached hydrogens (tertiary/aromatic N) is 2. The predicted octanol–water partition coefficient (Wildman–Crippen LogP) is 5.14. The van der Waals surface area contributed by atoms with Gasteiger partial charge in [0.25, 0.3) is 0 Å². The van der Waals surface area contributed by atoms with E-state index in [9.17, 15) is 4.79 Å². The van der Waals surface area contributed by atoms with Crippen LogP contribution in [-0.4, -0.2) is 29.2 Å². The number of unbranched alkanes of at least 4 members (excludes halogenated alkanes) is 3. The van der Waals surface area contributed by atoms with Crippen molar-refractivity contribution in [3.05, 3.63) is 48.0 Å². The molecule has 2 aromatic rings. The van der Waals surface area contributed by atoms with E-state index in [4.69, 9.17) is 14.2 Å². The number of benzene rings is 1. The van der Waals surface area contributed by atoms with Gasteiger partial charge in [-0.05, 0) is 37.5 Å². The van der Waals surface area contributed by atoms with Gasteiger partial charge in [-0.2, -0.15) is 0 Å². The summed E-state index contributed by atoms with van der Waals surface area (Å²) in [5, 5.41) is 0. The van der Waals surface area contributed by atoms with Gasteiger partial charge >= 0.3 is 5.97 Å². The van der Waals surface area contributed by atoms with Crippen LogP contribution < -0.4 is 9.47 Å². The molecule has 1 heterocycles. The molecule has 28 heavy (non-hydrogen) atoms. The minimum Gasteiger partial charge on any atom is -0.494 e. The highest BCUT2D eigenvalue weighted by Crippen LogP contribution is 2.24. The second kappa shape index (κ2) is 12.0. The SMILES string of the molecule is CCCCCCOc1cnc(C(=O)OC(CC)c2ccc(OCC)cc2)nc1. The Morgan fingerprint density at radius 3 is 2.25 bits per heavy atom. The topological polar surface area (TPSA) is 70.5 Å². The fourth-order valence-electron chi connectivity index (χ4n) is 2.73. The highest BCUT2D eigenvalue weighted by Gasteiger charge is 2.18. The predicted molar refractivity (Wildman–Crippen MR) is 108 cm³/mol. The number of rotatable bonds is 12. The number of carbonyl (C=O) groups excluding carboxylic acids is 1. The molecule has 0 saturated carbocycles. The van der Waals surface area contributed by atoms with Gasteiger partial charge in [-0.1, -0.05) is 45.2 Å². The summed E-state index contributed by atoms with van der Waals surface area (Å²) in [6, 6.07) is 7.56. The molecule has 0 spiro atoms. The summed E-state index contributed by atoms with van der Waals surface area (Å²) in [5.74, 6) is 0.839. The number of esters is 1. The van der Waals surface area contributed by atoms with Crippen molar-refractivity contribution < 1.29 is 19.0 Å². The summed E-state index contributed by atoms with van der Waals surface area (Å²) in [7, 11) is 0. The lowest BCUT2D eigenvalue weighted by Crippen LogP contribution is -2.14. The number of ether oxygens (including phenoxy) is 3. The van der Waals surface area contributed by atoms with Crippen LogP contribution in [0.15, 0.2) is 36.7 Å². The van der Waals surface area contributed by atoms with E-state index in [2.05, 4.69) is 16.9 Å². The first-order valence-corrected chi connectivity index (χ1v) is 10.1. The van der Waals surface area contributed by atoms with Gasteiger partial charge in [-0.25, -0.2) is 14.8 Å². The van der Waals surface area contributed by atoms with E-state index >= 15 is 0 Å². The Balaban J connectivity index is 1.89. The van der Waals surface area contributed by atoms with Gasteiger partial charge in [0, 0.05) is 0 Å². The molecule has 6 nitrogen and oxygen atoms in total. The fraction of sp³-hybridized carbons (Fsp3) is 0.500. The van der Waals surface area contributed by atoms with Gasteiger partial charge in [0.05, 0.1) is 25.6 Å². The summed E-state index contributed by atoms with van der Waals surface area (Å²) in [6.07, 6.45) is 7.86. The van der Waals surface area contributed by atoms with Gasteiger partial charge in [0.1, 0.15) is 11.9 Å². The minimum atomic E-state index is -0.546. The molecule has 1 atom stereocenters. The van der Waals surface area contributed by atoms with Crippen LogP contribution in [0.4, 0.5) is 0 Å². The first-order valence-electron chi connectivity index (χ1n) is 10.1. The van der Waals surface area contributed by atoms with E-state index in [-0.39, 0.29) is 11.9 Å². The van der Waals surface area contributed by atoms with Crippen LogP contribution in [0.5, 0.6) is 11.5 Å². The molecule has 1 aromatic heterocycles. The van der Waals surface area contributed by atoms with Gasteiger partial charge in [-0.3, -0.25) is 0 Å². The van der Waals surface area contributed by atoms with Crippen molar-refractivity contribution in [2.24, 2.45) is 0 Å². The van der Waals surface area contributed by atoms with Crippen LogP contribution in [0.2, 0.25) is 0 Å². The lowest BCUT2D eigenvalue weighted by molar-refractivity contribution is 0.0273. The van der Waals surface area contributed by atoms with Crippen molar-refractivity contribution in [2.75, 3.05) is 13.2 Å². The fourth-order valence-corrected chi connectivity index (χ4v) is 2.73. The summed E-state index contributed by atoms with van der Waals surface area (Å²) in [6.45, 7) is 7.31. The lowest BCUT2D eigenvalue weighted by Gasteiger charge is -2.16. The second-order valence-corrected chi connectivity index (χ2v) is 6.46. The van der Waals surface area contributed by atoms with Crippen LogP contribution >= 0.6 is 0 Å². The smallest absolute Gasteiger partial charge is 0.376 e. The Labute approximate surface area is 167 Å². The highest BCUT2D eigenvalue weighted by molar-refractivity contribution is 5.85. The Bertz CT molecular complexity index is 701. The molecular weight excluding hydrogens is 356 g/mol. The van der Waals surface area contributed by atoms with E-state index in [0.29, 0.717) is 25.4 Å². The normalized spacial score (nSPS) is 11.7. The zero-order valence-corrected chi connectivity index (χ0v) is 17.0. The Morgan fingerprint density at radius 1 is 0.929 bits per heavy atom. The Hall–Kier alpha value is -2.63. The number of hydrogen-bond donors (Lipinski definition) is 0. The number of hydrogen-bond acceptors (Lipinski definition) is 6. The number of aromatic nitrogens is 2. The van der Waals surface area contributed by atoms with Crippen molar-refractivity contribution in [1.82, 2.24) is 9.97 Å². The van der Waals surface area contributed by atoms with E-state index < -0.39 is 5.97 Å². The third-order valence-electron chi connectivity index (χ3n) is 4.26. The Kier molecular flexibility index (Phi) is 9.25. The molecular formula is C22H30N2O4. The molecule has 0 N–H and O–H groups in total. The van der Waals surface area contributed by atoms with E-state index in [0.717, 1.165) is 24.2 Å². The van der Waals surface area contributed by atoms with E-state index in [1.807, 2.05) is 38.1 Å². The summed E-state index contributed by atoms with van der Waals surface area (Å²) in [4.78, 5) is 20.6. The maximum absolute atomic E-state index is 12.4. The van der Waals surface area contributed by atoms with Gasteiger partial charge < -0.3 is 14.2 Å². The van der Waals surface area contributed by atoms with Crippen LogP contribution in [-0.2, 0) is 4.74 Å². The van der Waals surface area contributed by atoms with Crippen molar-refractivity contribution in [2.45, 2.75) is 59.0 Å². The quantitative estimate of drug-likeness (QED) is 0.371. The van der Waals surface area contributed by atoms with Crippen molar-refractivity contribution in [3.8, 4) is 11.5 Å². The molecule has 0 fully saturated rings. The van der Waals surface area contributed by atoms with E-state index in [1.165, 1.54) is 25.2 Å². The molecule has 1 aromatic carbocycles. The van der Waals surface area contributed by atoms with Crippen LogP contribution in [0.25, 0.3) is 0 Å². The second-order valence-electron chi connectivity index (χ2n) is 6.46. The summed E-state index contributed by atoms with van der Waals surface area (Å²) in [5.41, 5.74) is 0.909. The molecule has 152 valence electrons. The minimum absolute atomic E-state index is 0.0303.